The van der Waals surface area contributed by atoms with Crippen LogP contribution < -0.4 is 5.32 Å². The van der Waals surface area contributed by atoms with Crippen molar-refractivity contribution in [2.45, 2.75) is 13.5 Å². The summed E-state index contributed by atoms with van der Waals surface area (Å²) < 4.78 is 5.49. The molecule has 0 aliphatic carbocycles. The first-order valence-electron chi connectivity index (χ1n) is 6.13. The number of carbonyl (C=O) groups excluding carboxylic acids is 1. The van der Waals surface area contributed by atoms with Gasteiger partial charge in [0.15, 0.2) is 6.29 Å². The molecule has 2 N–H and O–H groups in total. The van der Waals surface area contributed by atoms with Crippen molar-refractivity contribution >= 4 is 23.0 Å². The van der Waals surface area contributed by atoms with Crippen molar-refractivity contribution in [1.82, 2.24) is 4.98 Å². The van der Waals surface area contributed by atoms with Crippen LogP contribution in [0.15, 0.2) is 40.8 Å². The number of aldehydes is 1. The Balaban J connectivity index is 1.90. The maximum absolute atomic E-state index is 11.2. The lowest BCUT2D eigenvalue weighted by molar-refractivity contribution is 0.112. The van der Waals surface area contributed by atoms with Gasteiger partial charge < -0.3 is 14.7 Å². The number of carbonyl (C=O) groups is 1. The number of para-hydroxylation sites is 1. The van der Waals surface area contributed by atoms with Crippen LogP contribution in [0.1, 0.15) is 21.9 Å². The molecule has 0 atom stereocenters. The largest absolute Gasteiger partial charge is 0.465 e. The van der Waals surface area contributed by atoms with E-state index >= 15 is 0 Å². The molecule has 96 valence electrons. The standard InChI is InChI=1S/C15H14N2O2/c1-10-6-7-11(19-10)8-16-15-13(9-18)12-4-2-3-5-14(12)17-15/h2-7,9,16-17H,8H2,1H3. The summed E-state index contributed by atoms with van der Waals surface area (Å²) >= 11 is 0. The zero-order valence-electron chi connectivity index (χ0n) is 10.6. The molecule has 0 bridgehead atoms. The van der Waals surface area contributed by atoms with E-state index < -0.39 is 0 Å². The SMILES string of the molecule is Cc1ccc(CNc2[nH]c3ccccc3c2C=O)o1. The zero-order chi connectivity index (χ0) is 13.2. The molecule has 0 radical (unpaired) electrons. The van der Waals surface area contributed by atoms with Gasteiger partial charge in [-0.1, -0.05) is 18.2 Å². The summed E-state index contributed by atoms with van der Waals surface area (Å²) in [4.78, 5) is 14.4. The highest BCUT2D eigenvalue weighted by atomic mass is 16.3. The highest BCUT2D eigenvalue weighted by Crippen LogP contribution is 2.24. The molecule has 0 aliphatic heterocycles. The second kappa shape index (κ2) is 4.65. The van der Waals surface area contributed by atoms with Gasteiger partial charge in [-0.15, -0.1) is 0 Å². The number of hydrogen-bond donors (Lipinski definition) is 2. The Hall–Kier alpha value is -2.49. The fourth-order valence-corrected chi connectivity index (χ4v) is 2.18. The van der Waals surface area contributed by atoms with E-state index in [1.807, 2.05) is 43.3 Å². The molecular formula is C15H14N2O2. The summed E-state index contributed by atoms with van der Waals surface area (Å²) in [6, 6.07) is 11.6. The van der Waals surface area contributed by atoms with Gasteiger partial charge >= 0.3 is 0 Å². The van der Waals surface area contributed by atoms with Crippen LogP contribution in [0, 0.1) is 6.92 Å². The molecular weight excluding hydrogens is 240 g/mol. The number of anilines is 1. The first kappa shape index (κ1) is 11.6. The van der Waals surface area contributed by atoms with Crippen LogP contribution in [-0.2, 0) is 6.54 Å². The van der Waals surface area contributed by atoms with Crippen molar-refractivity contribution in [1.29, 1.82) is 0 Å². The molecule has 2 heterocycles. The van der Waals surface area contributed by atoms with E-state index in [1.54, 1.807) is 0 Å². The second-order valence-corrected chi connectivity index (χ2v) is 4.44. The molecule has 0 fully saturated rings. The van der Waals surface area contributed by atoms with Gasteiger partial charge in [0.05, 0.1) is 12.1 Å². The predicted molar refractivity (Wildman–Crippen MR) is 74.5 cm³/mol. The molecule has 2 aromatic heterocycles. The highest BCUT2D eigenvalue weighted by Gasteiger charge is 2.10. The predicted octanol–water partition coefficient (Wildman–Crippen LogP) is 3.49. The number of hydrogen-bond acceptors (Lipinski definition) is 3. The van der Waals surface area contributed by atoms with Crippen molar-refractivity contribution in [3.05, 3.63) is 53.5 Å². The lowest BCUT2D eigenvalue weighted by atomic mass is 10.2. The van der Waals surface area contributed by atoms with Gasteiger partial charge in [-0.05, 0) is 25.1 Å². The molecule has 4 nitrogen and oxygen atoms in total. The Morgan fingerprint density at radius 3 is 2.84 bits per heavy atom. The normalized spacial score (nSPS) is 10.8. The van der Waals surface area contributed by atoms with Crippen molar-refractivity contribution in [2.24, 2.45) is 0 Å². The smallest absolute Gasteiger partial charge is 0.154 e. The summed E-state index contributed by atoms with van der Waals surface area (Å²) in [7, 11) is 0. The minimum Gasteiger partial charge on any atom is -0.465 e. The minimum atomic E-state index is 0.543. The van der Waals surface area contributed by atoms with Gasteiger partial charge in [0.1, 0.15) is 17.3 Å². The van der Waals surface area contributed by atoms with Crippen LogP contribution in [0.3, 0.4) is 0 Å². The Labute approximate surface area is 110 Å². The minimum absolute atomic E-state index is 0.543. The fraction of sp³-hybridized carbons (Fsp3) is 0.133. The van der Waals surface area contributed by atoms with E-state index in [4.69, 9.17) is 4.42 Å². The third kappa shape index (κ3) is 2.12. The number of H-pyrrole nitrogens is 1. The molecule has 0 aliphatic rings. The summed E-state index contributed by atoms with van der Waals surface area (Å²) in [5.74, 6) is 2.45. The molecule has 0 saturated heterocycles. The Morgan fingerprint density at radius 2 is 2.11 bits per heavy atom. The van der Waals surface area contributed by atoms with Gasteiger partial charge in [-0.2, -0.15) is 0 Å². The summed E-state index contributed by atoms with van der Waals surface area (Å²) in [5.41, 5.74) is 1.60. The maximum atomic E-state index is 11.2. The molecule has 0 spiro atoms. The average Bonchev–Trinajstić information content (AvgIpc) is 2.99. The molecule has 0 amide bonds. The van der Waals surface area contributed by atoms with Crippen molar-refractivity contribution in [2.75, 3.05) is 5.32 Å². The molecule has 1 aromatic carbocycles. The number of fused-ring (bicyclic) bond motifs is 1. The summed E-state index contributed by atoms with van der Waals surface area (Å²) in [5, 5.41) is 4.13. The number of nitrogens with one attached hydrogen (secondary N) is 2. The van der Waals surface area contributed by atoms with Crippen molar-refractivity contribution < 1.29 is 9.21 Å². The second-order valence-electron chi connectivity index (χ2n) is 4.44. The zero-order valence-corrected chi connectivity index (χ0v) is 10.6. The van der Waals surface area contributed by atoms with Crippen molar-refractivity contribution in [3.8, 4) is 0 Å². The van der Waals surface area contributed by atoms with Gasteiger partial charge in [-0.25, -0.2) is 0 Å². The first-order chi connectivity index (χ1) is 9.28. The molecule has 0 unspecified atom stereocenters. The number of aromatic amines is 1. The number of aromatic nitrogens is 1. The van der Waals surface area contributed by atoms with E-state index in [2.05, 4.69) is 10.3 Å². The van der Waals surface area contributed by atoms with Gasteiger partial charge in [0, 0.05) is 10.9 Å². The van der Waals surface area contributed by atoms with Crippen molar-refractivity contribution in [3.63, 3.8) is 0 Å². The van der Waals surface area contributed by atoms with Crippen LogP contribution in [0.4, 0.5) is 5.82 Å². The third-order valence-corrected chi connectivity index (χ3v) is 3.10. The summed E-state index contributed by atoms with van der Waals surface area (Å²) in [6.07, 6.45) is 0.870. The molecule has 19 heavy (non-hydrogen) atoms. The fourth-order valence-electron chi connectivity index (χ4n) is 2.18. The van der Waals surface area contributed by atoms with E-state index in [-0.39, 0.29) is 0 Å². The number of rotatable bonds is 4. The van der Waals surface area contributed by atoms with Gasteiger partial charge in [0.25, 0.3) is 0 Å². The number of furan rings is 1. The topological polar surface area (TPSA) is 58.0 Å². The lowest BCUT2D eigenvalue weighted by Gasteiger charge is -2.02. The third-order valence-electron chi connectivity index (χ3n) is 3.10. The van der Waals surface area contributed by atoms with E-state index in [0.717, 1.165) is 34.5 Å². The Morgan fingerprint density at radius 1 is 1.26 bits per heavy atom. The average molecular weight is 254 g/mol. The summed E-state index contributed by atoms with van der Waals surface area (Å²) in [6.45, 7) is 2.45. The molecule has 3 rings (SSSR count). The van der Waals surface area contributed by atoms with E-state index in [1.165, 1.54) is 0 Å². The molecule has 0 saturated carbocycles. The Kier molecular flexibility index (Phi) is 2.83. The van der Waals surface area contributed by atoms with Gasteiger partial charge in [-0.3, -0.25) is 4.79 Å². The highest BCUT2D eigenvalue weighted by molar-refractivity contribution is 6.03. The van der Waals surface area contributed by atoms with Crippen LogP contribution >= 0.6 is 0 Å². The van der Waals surface area contributed by atoms with Crippen LogP contribution in [0.2, 0.25) is 0 Å². The van der Waals surface area contributed by atoms with Crippen LogP contribution in [-0.4, -0.2) is 11.3 Å². The quantitative estimate of drug-likeness (QED) is 0.701. The van der Waals surface area contributed by atoms with Crippen LogP contribution in [0.25, 0.3) is 10.9 Å². The molecule has 4 heteroatoms. The van der Waals surface area contributed by atoms with E-state index in [9.17, 15) is 4.79 Å². The number of benzene rings is 1. The Bertz CT molecular complexity index is 725. The first-order valence-corrected chi connectivity index (χ1v) is 6.13. The van der Waals surface area contributed by atoms with Crippen LogP contribution in [0.5, 0.6) is 0 Å². The lowest BCUT2D eigenvalue weighted by Crippen LogP contribution is -2.00. The number of aryl methyl sites for hydroxylation is 1. The van der Waals surface area contributed by atoms with E-state index in [0.29, 0.717) is 12.1 Å². The monoisotopic (exact) mass is 254 g/mol. The van der Waals surface area contributed by atoms with Gasteiger partial charge in [0.2, 0.25) is 0 Å². The maximum Gasteiger partial charge on any atom is 0.154 e. The molecule has 3 aromatic rings.